The smallest absolute Gasteiger partial charge is 0.222 e. The van der Waals surface area contributed by atoms with Crippen LogP contribution in [0.1, 0.15) is 43.1 Å². The second kappa shape index (κ2) is 14.8. The fourth-order valence-electron chi connectivity index (χ4n) is 5.60. The van der Waals surface area contributed by atoms with E-state index in [2.05, 4.69) is 15.3 Å². The van der Waals surface area contributed by atoms with E-state index in [1.165, 1.54) is 20.1 Å². The zero-order valence-corrected chi connectivity index (χ0v) is 27.4. The van der Waals surface area contributed by atoms with Crippen LogP contribution >= 0.6 is 11.6 Å². The van der Waals surface area contributed by atoms with Crippen LogP contribution in [0.25, 0.3) is 22.3 Å². The number of nitrogens with zero attached hydrogens (tertiary/aromatic N) is 2. The van der Waals surface area contributed by atoms with Crippen LogP contribution < -0.4 is 41.2 Å². The van der Waals surface area contributed by atoms with Crippen molar-refractivity contribution in [2.45, 2.75) is 39.2 Å². The van der Waals surface area contributed by atoms with Gasteiger partial charge in [-0.25, -0.2) is 4.98 Å². The number of aromatic nitrogens is 2. The van der Waals surface area contributed by atoms with E-state index < -0.39 is 0 Å². The summed E-state index contributed by atoms with van der Waals surface area (Å²) in [6.07, 6.45) is 2.01. The van der Waals surface area contributed by atoms with Crippen LogP contribution in [-0.2, 0) is 17.6 Å². The third kappa shape index (κ3) is 7.10. The van der Waals surface area contributed by atoms with Gasteiger partial charge in [0.15, 0.2) is 17.2 Å². The number of anilines is 2. The third-order valence-corrected chi connectivity index (χ3v) is 7.85. The number of methoxy groups -OCH3 is 4. The molecule has 0 radical (unpaired) electrons. The number of rotatable bonds is 7. The van der Waals surface area contributed by atoms with Crippen molar-refractivity contribution in [1.82, 2.24) is 15.3 Å². The number of carbonyl (C=O) groups excluding carboxylic acids is 1. The molecular weight excluding hydrogens is 610 g/mol. The highest BCUT2D eigenvalue weighted by Crippen LogP contribution is 2.50. The minimum absolute atomic E-state index is 0.167. The van der Waals surface area contributed by atoms with Gasteiger partial charge in [0.05, 0.1) is 40.2 Å². The first kappa shape index (κ1) is 33.9. The molecule has 1 heterocycles. The van der Waals surface area contributed by atoms with Crippen molar-refractivity contribution < 1.29 is 23.7 Å². The maximum absolute atomic E-state index is 12.6. The first-order valence-electron chi connectivity index (χ1n) is 14.6. The monoisotopic (exact) mass is 647 g/mol. The van der Waals surface area contributed by atoms with E-state index >= 15 is 0 Å². The summed E-state index contributed by atoms with van der Waals surface area (Å²) in [5.74, 6) is 2.21. The Morgan fingerprint density at radius 3 is 2.17 bits per heavy atom. The van der Waals surface area contributed by atoms with Crippen LogP contribution in [0.4, 0.5) is 11.8 Å². The number of hydrogen-bond donors (Lipinski definition) is 3. The van der Waals surface area contributed by atoms with Gasteiger partial charge >= 0.3 is 0 Å². The SMILES string of the molecule is CCc1nc(N)nc(N)c1-c1ccc(Cl)cc1.COc1cc2c(c(OC)c1OC)-c1ccc(OC)c(=O)cc1[C@@H](NC(C)=O)CC2. The molecule has 4 aromatic rings. The lowest BCUT2D eigenvalue weighted by atomic mass is 9.95. The second-order valence-electron chi connectivity index (χ2n) is 10.4. The molecule has 1 aromatic heterocycles. The number of aryl methyl sites for hydroxylation is 2. The van der Waals surface area contributed by atoms with Crippen molar-refractivity contribution >= 4 is 29.3 Å². The first-order chi connectivity index (χ1) is 22.1. The van der Waals surface area contributed by atoms with Gasteiger partial charge in [0.25, 0.3) is 0 Å². The number of amides is 1. The minimum atomic E-state index is -0.332. The summed E-state index contributed by atoms with van der Waals surface area (Å²) in [5.41, 5.74) is 17.1. The summed E-state index contributed by atoms with van der Waals surface area (Å²) in [6.45, 7) is 3.46. The van der Waals surface area contributed by atoms with Gasteiger partial charge in [0, 0.05) is 23.1 Å². The lowest BCUT2D eigenvalue weighted by Gasteiger charge is -2.19. The molecule has 1 aliphatic carbocycles. The van der Waals surface area contributed by atoms with Gasteiger partial charge in [0.2, 0.25) is 23.0 Å². The van der Waals surface area contributed by atoms with Crippen molar-refractivity contribution in [3.63, 3.8) is 0 Å². The Hall–Kier alpha value is -5.03. The fraction of sp³-hybridized carbons (Fsp3) is 0.294. The summed E-state index contributed by atoms with van der Waals surface area (Å²) in [5, 5.41) is 3.65. The largest absolute Gasteiger partial charge is 0.493 e. The van der Waals surface area contributed by atoms with Crippen LogP contribution in [0, 0.1) is 0 Å². The summed E-state index contributed by atoms with van der Waals surface area (Å²) >= 11 is 5.86. The van der Waals surface area contributed by atoms with Gasteiger partial charge in [-0.3, -0.25) is 9.59 Å². The van der Waals surface area contributed by atoms with E-state index in [-0.39, 0.29) is 29.1 Å². The Balaban J connectivity index is 0.000000240. The van der Waals surface area contributed by atoms with E-state index in [4.69, 9.17) is 42.0 Å². The topological polar surface area (TPSA) is 161 Å². The number of ether oxygens (including phenoxy) is 4. The normalized spacial score (nSPS) is 13.2. The van der Waals surface area contributed by atoms with E-state index in [0.717, 1.165) is 39.9 Å². The molecule has 46 heavy (non-hydrogen) atoms. The lowest BCUT2D eigenvalue weighted by molar-refractivity contribution is -0.119. The number of nitrogens with one attached hydrogen (secondary N) is 1. The molecule has 0 bridgehead atoms. The van der Waals surface area contributed by atoms with Gasteiger partial charge < -0.3 is 35.7 Å². The molecule has 5 N–H and O–H groups in total. The van der Waals surface area contributed by atoms with Gasteiger partial charge in [-0.15, -0.1) is 0 Å². The molecule has 1 aliphatic rings. The van der Waals surface area contributed by atoms with Gasteiger partial charge in [-0.2, -0.15) is 4.98 Å². The van der Waals surface area contributed by atoms with Gasteiger partial charge in [-0.05, 0) is 71.8 Å². The van der Waals surface area contributed by atoms with E-state index in [1.807, 2.05) is 43.3 Å². The Morgan fingerprint density at radius 1 is 0.913 bits per heavy atom. The minimum Gasteiger partial charge on any atom is -0.493 e. The molecule has 0 spiro atoms. The molecule has 0 unspecified atom stereocenters. The number of nitrogens with two attached hydrogens (primary N) is 2. The fourth-order valence-corrected chi connectivity index (χ4v) is 5.72. The molecule has 5 rings (SSSR count). The molecule has 12 heteroatoms. The Kier molecular flexibility index (Phi) is 10.9. The molecule has 242 valence electrons. The second-order valence-corrected chi connectivity index (χ2v) is 10.8. The molecule has 0 saturated carbocycles. The molecular formula is C34H38ClN5O6. The summed E-state index contributed by atoms with van der Waals surface area (Å²) in [4.78, 5) is 32.7. The van der Waals surface area contributed by atoms with Gasteiger partial charge in [-0.1, -0.05) is 36.7 Å². The average Bonchev–Trinajstić information content (AvgIpc) is 3.28. The van der Waals surface area contributed by atoms with Crippen molar-refractivity contribution in [3.8, 4) is 45.3 Å². The number of carbonyl (C=O) groups is 1. The number of halogens is 1. The van der Waals surface area contributed by atoms with E-state index in [0.29, 0.717) is 46.5 Å². The highest BCUT2D eigenvalue weighted by molar-refractivity contribution is 6.30. The molecule has 11 nitrogen and oxygen atoms in total. The lowest BCUT2D eigenvalue weighted by Crippen LogP contribution is -2.26. The van der Waals surface area contributed by atoms with Crippen LogP contribution in [0.15, 0.2) is 53.3 Å². The number of fused-ring (bicyclic) bond motifs is 3. The molecule has 1 atom stereocenters. The zero-order chi connectivity index (χ0) is 33.5. The Labute approximate surface area is 272 Å². The number of nitrogen functional groups attached to an aromatic ring is 2. The maximum atomic E-state index is 12.6. The molecule has 0 fully saturated rings. The Morgan fingerprint density at radius 2 is 1.59 bits per heavy atom. The predicted molar refractivity (Wildman–Crippen MR) is 180 cm³/mol. The van der Waals surface area contributed by atoms with Crippen LogP contribution in [0.3, 0.4) is 0 Å². The standard InChI is InChI=1S/C22H25NO6.C12H13ClN4/c1-12(24)23-16-8-6-13-10-19(27-3)21(28-4)22(29-5)20(13)14-7-9-18(26-2)17(25)11-15(14)16;1-2-9-10(11(14)17-12(15)16-9)7-3-5-8(13)6-4-7/h7,9-11,16H,6,8H2,1-5H3,(H,23,24);3-6H,2H2,1H3,(H4,14,15,16,17)/t16-;/m0./s1. The highest BCUT2D eigenvalue weighted by atomic mass is 35.5. The van der Waals surface area contributed by atoms with Crippen LogP contribution in [0.2, 0.25) is 5.02 Å². The van der Waals surface area contributed by atoms with Crippen LogP contribution in [-0.4, -0.2) is 44.3 Å². The van der Waals surface area contributed by atoms with Crippen molar-refractivity contribution in [1.29, 1.82) is 0 Å². The highest BCUT2D eigenvalue weighted by Gasteiger charge is 2.29. The summed E-state index contributed by atoms with van der Waals surface area (Å²) in [7, 11) is 6.14. The zero-order valence-electron chi connectivity index (χ0n) is 26.7. The quantitative estimate of drug-likeness (QED) is 0.237. The third-order valence-electron chi connectivity index (χ3n) is 7.60. The molecule has 1 amide bonds. The number of hydrogen-bond acceptors (Lipinski definition) is 10. The molecule has 0 saturated heterocycles. The average molecular weight is 648 g/mol. The predicted octanol–water partition coefficient (Wildman–Crippen LogP) is 5.40. The Bertz CT molecular complexity index is 1800. The van der Waals surface area contributed by atoms with Crippen molar-refractivity contribution in [3.05, 3.63) is 80.6 Å². The maximum Gasteiger partial charge on any atom is 0.222 e. The van der Waals surface area contributed by atoms with E-state index in [9.17, 15) is 9.59 Å². The number of benzene rings is 2. The first-order valence-corrected chi connectivity index (χ1v) is 14.9. The van der Waals surface area contributed by atoms with Crippen molar-refractivity contribution in [2.75, 3.05) is 39.9 Å². The van der Waals surface area contributed by atoms with E-state index in [1.54, 1.807) is 27.4 Å². The molecule has 3 aromatic carbocycles. The molecule has 0 aliphatic heterocycles. The summed E-state index contributed by atoms with van der Waals surface area (Å²) < 4.78 is 22.0. The van der Waals surface area contributed by atoms with Crippen LogP contribution in [0.5, 0.6) is 23.0 Å². The summed E-state index contributed by atoms with van der Waals surface area (Å²) in [6, 6.07) is 14.0. The van der Waals surface area contributed by atoms with Gasteiger partial charge in [0.1, 0.15) is 5.82 Å². The van der Waals surface area contributed by atoms with Crippen molar-refractivity contribution in [2.24, 2.45) is 0 Å².